The molecule has 33 heavy (non-hydrogen) atoms. The first-order valence-electron chi connectivity index (χ1n) is 10.7. The van der Waals surface area contributed by atoms with Crippen LogP contribution >= 0.6 is 22.9 Å². The van der Waals surface area contributed by atoms with Crippen LogP contribution in [0.1, 0.15) is 11.3 Å². The lowest BCUT2D eigenvalue weighted by molar-refractivity contribution is -0.130. The predicted molar refractivity (Wildman–Crippen MR) is 134 cm³/mol. The number of hydrogen-bond donors (Lipinski definition) is 1. The van der Waals surface area contributed by atoms with E-state index >= 15 is 0 Å². The second kappa shape index (κ2) is 10.3. The molecular weight excluding hydrogens is 460 g/mol. The average molecular weight is 487 g/mol. The third-order valence-corrected chi connectivity index (χ3v) is 6.72. The lowest BCUT2D eigenvalue weighted by atomic mass is 10.1. The van der Waals surface area contributed by atoms with Crippen LogP contribution in [0.4, 0.5) is 16.5 Å². The first kappa shape index (κ1) is 23.2. The molecule has 1 N–H and O–H groups in total. The Morgan fingerprint density at radius 1 is 1.12 bits per heavy atom. The highest BCUT2D eigenvalue weighted by Gasteiger charge is 2.23. The van der Waals surface area contributed by atoms with Crippen molar-refractivity contribution in [3.05, 3.63) is 58.1 Å². The molecule has 9 heteroatoms. The molecule has 7 nitrogen and oxygen atoms in total. The standard InChI is InChI=1S/C24H27ClN4O3S/c1-16-4-5-17(25)12-21(16)28-8-10-29(11-9-28)23(30)13-18-15-33-24(26-18)27-20-14-19(31-2)6-7-22(20)32-3/h4-7,12,14-15H,8-11,13H2,1-3H3,(H,26,27). The minimum atomic E-state index is 0.0910. The van der Waals surface area contributed by atoms with Gasteiger partial charge in [-0.15, -0.1) is 11.3 Å². The molecule has 0 saturated carbocycles. The number of benzene rings is 2. The normalized spacial score (nSPS) is 13.7. The Bertz CT molecular complexity index is 1130. The lowest BCUT2D eigenvalue weighted by Crippen LogP contribution is -2.49. The van der Waals surface area contributed by atoms with Crippen LogP contribution in [0.2, 0.25) is 5.02 Å². The van der Waals surface area contributed by atoms with E-state index in [-0.39, 0.29) is 12.3 Å². The van der Waals surface area contributed by atoms with Crippen LogP contribution in [0, 0.1) is 6.92 Å². The number of amides is 1. The molecule has 2 heterocycles. The quantitative estimate of drug-likeness (QED) is 0.519. The molecule has 1 aliphatic rings. The minimum Gasteiger partial charge on any atom is -0.497 e. The summed E-state index contributed by atoms with van der Waals surface area (Å²) in [6, 6.07) is 11.5. The number of thiazole rings is 1. The summed E-state index contributed by atoms with van der Waals surface area (Å²) in [6.45, 7) is 5.01. The summed E-state index contributed by atoms with van der Waals surface area (Å²) >= 11 is 7.63. The summed E-state index contributed by atoms with van der Waals surface area (Å²) < 4.78 is 10.7. The number of aromatic nitrogens is 1. The van der Waals surface area contributed by atoms with E-state index in [1.807, 2.05) is 46.7 Å². The summed E-state index contributed by atoms with van der Waals surface area (Å²) in [5, 5.41) is 6.61. The smallest absolute Gasteiger partial charge is 0.228 e. The third-order valence-electron chi connectivity index (χ3n) is 5.68. The van der Waals surface area contributed by atoms with Gasteiger partial charge < -0.3 is 24.6 Å². The fraction of sp³-hybridized carbons (Fsp3) is 0.333. The third kappa shape index (κ3) is 5.51. The lowest BCUT2D eigenvalue weighted by Gasteiger charge is -2.36. The van der Waals surface area contributed by atoms with Crippen molar-refractivity contribution in [2.75, 3.05) is 50.6 Å². The van der Waals surface area contributed by atoms with Gasteiger partial charge in [0.25, 0.3) is 0 Å². The number of methoxy groups -OCH3 is 2. The van der Waals surface area contributed by atoms with Crippen molar-refractivity contribution < 1.29 is 14.3 Å². The van der Waals surface area contributed by atoms with Gasteiger partial charge in [0.05, 0.1) is 32.0 Å². The molecule has 174 valence electrons. The van der Waals surface area contributed by atoms with Crippen LogP contribution in [-0.2, 0) is 11.2 Å². The second-order valence-corrected chi connectivity index (χ2v) is 9.11. The van der Waals surface area contributed by atoms with Crippen LogP contribution in [0.5, 0.6) is 11.5 Å². The Labute approximate surface area is 202 Å². The summed E-state index contributed by atoms with van der Waals surface area (Å²) in [5.74, 6) is 1.50. The van der Waals surface area contributed by atoms with Crippen LogP contribution in [0.25, 0.3) is 0 Å². The Kier molecular flexibility index (Phi) is 7.25. The van der Waals surface area contributed by atoms with Gasteiger partial charge in [0, 0.05) is 48.3 Å². The average Bonchev–Trinajstić information content (AvgIpc) is 3.27. The van der Waals surface area contributed by atoms with Crippen molar-refractivity contribution in [2.24, 2.45) is 0 Å². The number of nitrogens with one attached hydrogen (secondary N) is 1. The zero-order chi connectivity index (χ0) is 23.4. The van der Waals surface area contributed by atoms with Crippen molar-refractivity contribution in [2.45, 2.75) is 13.3 Å². The summed E-state index contributed by atoms with van der Waals surface area (Å²) in [4.78, 5) is 21.7. The Morgan fingerprint density at radius 2 is 1.91 bits per heavy atom. The zero-order valence-electron chi connectivity index (χ0n) is 18.9. The van der Waals surface area contributed by atoms with E-state index in [1.54, 1.807) is 14.2 Å². The Balaban J connectivity index is 1.34. The number of aryl methyl sites for hydroxylation is 1. The highest BCUT2D eigenvalue weighted by Crippen LogP contribution is 2.32. The first-order valence-corrected chi connectivity index (χ1v) is 11.9. The number of ether oxygens (including phenoxy) is 2. The van der Waals surface area contributed by atoms with Gasteiger partial charge in [0.15, 0.2) is 5.13 Å². The first-order chi connectivity index (χ1) is 16.0. The van der Waals surface area contributed by atoms with Crippen LogP contribution in [0.3, 0.4) is 0 Å². The van der Waals surface area contributed by atoms with E-state index in [2.05, 4.69) is 22.1 Å². The van der Waals surface area contributed by atoms with Gasteiger partial charge in [0.2, 0.25) is 5.91 Å². The van der Waals surface area contributed by atoms with Crippen molar-refractivity contribution in [1.29, 1.82) is 0 Å². The highest BCUT2D eigenvalue weighted by molar-refractivity contribution is 7.13. The SMILES string of the molecule is COc1ccc(OC)c(Nc2nc(CC(=O)N3CCN(c4cc(Cl)ccc4C)CC3)cs2)c1. The van der Waals surface area contributed by atoms with E-state index in [9.17, 15) is 4.79 Å². The Hall–Kier alpha value is -2.97. The number of halogens is 1. The van der Waals surface area contributed by atoms with Gasteiger partial charge in [-0.1, -0.05) is 17.7 Å². The fourth-order valence-corrected chi connectivity index (χ4v) is 4.75. The maximum absolute atomic E-state index is 12.9. The number of carbonyl (C=O) groups excluding carboxylic acids is 1. The number of nitrogens with zero attached hydrogens (tertiary/aromatic N) is 3. The van der Waals surface area contributed by atoms with E-state index < -0.39 is 0 Å². The molecule has 1 fully saturated rings. The molecular formula is C24H27ClN4O3S. The van der Waals surface area contributed by atoms with Gasteiger partial charge in [-0.2, -0.15) is 0 Å². The molecule has 1 aliphatic heterocycles. The highest BCUT2D eigenvalue weighted by atomic mass is 35.5. The molecule has 0 atom stereocenters. The topological polar surface area (TPSA) is 66.9 Å². The van der Waals surface area contributed by atoms with E-state index in [1.165, 1.54) is 16.9 Å². The monoisotopic (exact) mass is 486 g/mol. The molecule has 1 amide bonds. The molecule has 0 spiro atoms. The molecule has 0 unspecified atom stereocenters. The predicted octanol–water partition coefficient (Wildman–Crippen LogP) is 4.76. The van der Waals surface area contributed by atoms with Crippen molar-refractivity contribution in [3.8, 4) is 11.5 Å². The molecule has 2 aromatic carbocycles. The van der Waals surface area contributed by atoms with Gasteiger partial charge in [-0.05, 0) is 36.8 Å². The fourth-order valence-electron chi connectivity index (χ4n) is 3.86. The molecule has 4 rings (SSSR count). The van der Waals surface area contributed by atoms with Crippen molar-refractivity contribution >= 4 is 45.4 Å². The molecule has 1 saturated heterocycles. The van der Waals surface area contributed by atoms with E-state index in [0.717, 1.165) is 40.9 Å². The second-order valence-electron chi connectivity index (χ2n) is 7.81. The number of carbonyl (C=O) groups is 1. The summed E-state index contributed by atoms with van der Waals surface area (Å²) in [7, 11) is 3.24. The maximum atomic E-state index is 12.9. The van der Waals surface area contributed by atoms with Crippen LogP contribution < -0.4 is 19.7 Å². The summed E-state index contributed by atoms with van der Waals surface area (Å²) in [6.07, 6.45) is 0.281. The number of anilines is 3. The summed E-state index contributed by atoms with van der Waals surface area (Å²) in [5.41, 5.74) is 3.84. The maximum Gasteiger partial charge on any atom is 0.228 e. The van der Waals surface area contributed by atoms with E-state index in [4.69, 9.17) is 21.1 Å². The Morgan fingerprint density at radius 3 is 2.64 bits per heavy atom. The zero-order valence-corrected chi connectivity index (χ0v) is 20.5. The van der Waals surface area contributed by atoms with Gasteiger partial charge in [-0.25, -0.2) is 4.98 Å². The molecule has 0 radical (unpaired) electrons. The van der Waals surface area contributed by atoms with Crippen LogP contribution in [-0.4, -0.2) is 56.2 Å². The molecule has 0 bridgehead atoms. The molecule has 0 aliphatic carbocycles. The largest absolute Gasteiger partial charge is 0.497 e. The molecule has 3 aromatic rings. The molecule has 1 aromatic heterocycles. The van der Waals surface area contributed by atoms with Gasteiger partial charge in [-0.3, -0.25) is 4.79 Å². The number of piperazine rings is 1. The van der Waals surface area contributed by atoms with Crippen LogP contribution in [0.15, 0.2) is 41.8 Å². The van der Waals surface area contributed by atoms with E-state index in [0.29, 0.717) is 24.0 Å². The van der Waals surface area contributed by atoms with Crippen molar-refractivity contribution in [1.82, 2.24) is 9.88 Å². The number of hydrogen-bond acceptors (Lipinski definition) is 7. The number of rotatable bonds is 7. The minimum absolute atomic E-state index is 0.0910. The van der Waals surface area contributed by atoms with Crippen molar-refractivity contribution in [3.63, 3.8) is 0 Å². The van der Waals surface area contributed by atoms with Gasteiger partial charge >= 0.3 is 0 Å². The van der Waals surface area contributed by atoms with Gasteiger partial charge in [0.1, 0.15) is 11.5 Å².